The second-order valence-corrected chi connectivity index (χ2v) is 10.8. The Morgan fingerprint density at radius 2 is 2.10 bits per heavy atom. The fourth-order valence-corrected chi connectivity index (χ4v) is 6.48. The number of nitriles is 1. The number of H-pyrrole nitrogens is 1. The molecule has 3 aromatic rings. The van der Waals surface area contributed by atoms with Crippen molar-refractivity contribution in [3.05, 3.63) is 46.4 Å². The van der Waals surface area contributed by atoms with Gasteiger partial charge in [0.25, 0.3) is 5.56 Å². The van der Waals surface area contributed by atoms with E-state index in [9.17, 15) is 18.5 Å². The second kappa shape index (κ2) is 6.95. The Kier molecular flexibility index (Phi) is 4.45. The minimum atomic E-state index is -3.31. The molecule has 8 nitrogen and oxygen atoms in total. The van der Waals surface area contributed by atoms with Crippen LogP contribution in [0.15, 0.2) is 40.2 Å². The van der Waals surface area contributed by atoms with E-state index >= 15 is 0 Å². The summed E-state index contributed by atoms with van der Waals surface area (Å²) in [4.78, 5) is 15.7. The summed E-state index contributed by atoms with van der Waals surface area (Å²) in [6, 6.07) is 9.14. The lowest BCUT2D eigenvalue weighted by molar-refractivity contribution is 0.426. The number of sulfone groups is 1. The molecule has 2 N–H and O–H groups in total. The maximum Gasteiger partial charge on any atom is 0.261 e. The molecule has 0 amide bonds. The van der Waals surface area contributed by atoms with Crippen LogP contribution in [0.2, 0.25) is 0 Å². The summed E-state index contributed by atoms with van der Waals surface area (Å²) in [5.41, 5.74) is 1.87. The molecular weight excluding hydrogens is 414 g/mol. The number of rotatable bonds is 5. The van der Waals surface area contributed by atoms with Crippen LogP contribution < -0.4 is 10.9 Å². The highest BCUT2D eigenvalue weighted by Gasteiger charge is 2.39. The van der Waals surface area contributed by atoms with Gasteiger partial charge in [-0.3, -0.25) is 9.48 Å². The number of aromatic amines is 1. The van der Waals surface area contributed by atoms with Crippen molar-refractivity contribution in [1.82, 2.24) is 14.8 Å². The first kappa shape index (κ1) is 19.8. The number of hydrogen-bond acceptors (Lipinski definition) is 6. The Morgan fingerprint density at radius 3 is 2.81 bits per heavy atom. The lowest BCUT2D eigenvalue weighted by Crippen LogP contribution is -2.14. The molecular formula is C22H23N5O3S. The zero-order valence-corrected chi connectivity index (χ0v) is 18.1. The van der Waals surface area contributed by atoms with Gasteiger partial charge in [-0.15, -0.1) is 0 Å². The van der Waals surface area contributed by atoms with Gasteiger partial charge in [0.05, 0.1) is 34.2 Å². The maximum atomic E-state index is 12.6. The number of pyridine rings is 1. The fraction of sp³-hybridized carbons (Fsp3) is 0.409. The smallest absolute Gasteiger partial charge is 0.261 e. The summed E-state index contributed by atoms with van der Waals surface area (Å²) >= 11 is 0. The van der Waals surface area contributed by atoms with E-state index < -0.39 is 15.1 Å². The molecule has 1 unspecified atom stereocenters. The Bertz CT molecular complexity index is 1390. The number of hydrogen-bond donors (Lipinski definition) is 2. The lowest BCUT2D eigenvalue weighted by atomic mass is 9.98. The van der Waals surface area contributed by atoms with E-state index in [4.69, 9.17) is 5.10 Å². The van der Waals surface area contributed by atoms with Gasteiger partial charge in [-0.1, -0.05) is 6.92 Å². The average Bonchev–Trinajstić information content (AvgIpc) is 3.50. The van der Waals surface area contributed by atoms with Gasteiger partial charge in [0.1, 0.15) is 5.39 Å². The van der Waals surface area contributed by atoms with Crippen LogP contribution in [-0.4, -0.2) is 28.4 Å². The molecule has 3 atom stereocenters. The molecule has 2 aromatic heterocycles. The third-order valence-corrected chi connectivity index (χ3v) is 9.05. The molecule has 0 bridgehead atoms. The van der Waals surface area contributed by atoms with E-state index in [1.165, 1.54) is 0 Å². The maximum absolute atomic E-state index is 12.6. The van der Waals surface area contributed by atoms with E-state index in [2.05, 4.69) is 16.4 Å². The quantitative estimate of drug-likeness (QED) is 0.629. The Hall–Kier alpha value is -3.12. The summed E-state index contributed by atoms with van der Waals surface area (Å²) in [6.45, 7) is 3.64. The van der Waals surface area contributed by atoms with Crippen LogP contribution in [-0.2, 0) is 9.84 Å². The van der Waals surface area contributed by atoms with Crippen LogP contribution in [0.25, 0.3) is 10.9 Å². The third kappa shape index (κ3) is 3.05. The van der Waals surface area contributed by atoms with E-state index in [1.807, 2.05) is 13.0 Å². The van der Waals surface area contributed by atoms with Crippen LogP contribution in [0.1, 0.15) is 50.6 Å². The highest BCUT2D eigenvalue weighted by atomic mass is 32.2. The predicted octanol–water partition coefficient (Wildman–Crippen LogP) is 3.61. The summed E-state index contributed by atoms with van der Waals surface area (Å²) in [5.74, 6) is 0.679. The molecule has 2 aliphatic rings. The zero-order valence-electron chi connectivity index (χ0n) is 17.3. The SMILES string of the molecule is C[C@@H]1c2cc(Nc3nn(C(CC#N)C4CC4)c4cc[nH]c(=O)c34)ccc2S(=O)(=O)[C@H]1C. The standard InChI is InChI=1S/C22H23N5O3S/c1-12-13(2)31(29,30)19-6-5-15(11-16(12)19)25-21-20-18(8-10-24-22(20)28)27(26-21)17(7-9-23)14-3-4-14/h5-6,8,10-14,17H,3-4,7H2,1-2H3,(H,24,28)(H,25,26)/t12-,13-,17?/m0/s1. The fourth-order valence-electron chi connectivity index (χ4n) is 4.57. The zero-order chi connectivity index (χ0) is 21.9. The Labute approximate surface area is 179 Å². The van der Waals surface area contributed by atoms with E-state index in [0.717, 1.165) is 18.4 Å². The second-order valence-electron chi connectivity index (χ2n) is 8.54. The molecule has 9 heteroatoms. The summed E-state index contributed by atoms with van der Waals surface area (Å²) < 4.78 is 27.0. The number of benzene rings is 1. The number of fused-ring (bicyclic) bond motifs is 2. The molecule has 31 heavy (non-hydrogen) atoms. The van der Waals surface area contributed by atoms with Crippen molar-refractivity contribution in [3.63, 3.8) is 0 Å². The van der Waals surface area contributed by atoms with Gasteiger partial charge in [-0.25, -0.2) is 8.42 Å². The van der Waals surface area contributed by atoms with Crippen LogP contribution in [0.3, 0.4) is 0 Å². The first-order chi connectivity index (χ1) is 14.8. The van der Waals surface area contributed by atoms with Crippen molar-refractivity contribution >= 4 is 32.2 Å². The van der Waals surface area contributed by atoms with Crippen LogP contribution >= 0.6 is 0 Å². The van der Waals surface area contributed by atoms with E-state index in [-0.39, 0.29) is 17.5 Å². The Morgan fingerprint density at radius 1 is 1.32 bits per heavy atom. The molecule has 1 saturated carbocycles. The Balaban J connectivity index is 1.60. The van der Waals surface area contributed by atoms with Crippen LogP contribution in [0.4, 0.5) is 11.5 Å². The summed E-state index contributed by atoms with van der Waals surface area (Å²) in [7, 11) is -3.31. The summed E-state index contributed by atoms with van der Waals surface area (Å²) in [5, 5.41) is 17.2. The molecule has 160 valence electrons. The topological polar surface area (TPSA) is 121 Å². The lowest BCUT2D eigenvalue weighted by Gasteiger charge is -2.14. The molecule has 1 aromatic carbocycles. The van der Waals surface area contributed by atoms with Crippen molar-refractivity contribution in [3.8, 4) is 6.07 Å². The molecule has 0 spiro atoms. The minimum absolute atomic E-state index is 0.0733. The largest absolute Gasteiger partial charge is 0.338 e. The number of nitrogens with one attached hydrogen (secondary N) is 2. The van der Waals surface area contributed by atoms with Crippen LogP contribution in [0, 0.1) is 17.2 Å². The van der Waals surface area contributed by atoms with Gasteiger partial charge in [0.15, 0.2) is 15.7 Å². The van der Waals surface area contributed by atoms with Crippen LogP contribution in [0.5, 0.6) is 0 Å². The number of aromatic nitrogens is 3. The van der Waals surface area contributed by atoms with E-state index in [1.54, 1.807) is 36.0 Å². The van der Waals surface area contributed by atoms with Crippen molar-refractivity contribution in [2.75, 3.05) is 5.32 Å². The van der Waals surface area contributed by atoms with Gasteiger partial charge in [0.2, 0.25) is 0 Å². The molecule has 1 fully saturated rings. The minimum Gasteiger partial charge on any atom is -0.338 e. The molecule has 3 heterocycles. The molecule has 0 radical (unpaired) electrons. The third-order valence-electron chi connectivity index (χ3n) is 6.67. The molecule has 1 aliphatic heterocycles. The number of nitrogens with zero attached hydrogens (tertiary/aromatic N) is 3. The van der Waals surface area contributed by atoms with Crippen molar-refractivity contribution in [2.45, 2.75) is 55.2 Å². The highest BCUT2D eigenvalue weighted by Crippen LogP contribution is 2.44. The average molecular weight is 438 g/mol. The van der Waals surface area contributed by atoms with Crippen molar-refractivity contribution < 1.29 is 8.42 Å². The van der Waals surface area contributed by atoms with Gasteiger partial charge in [0, 0.05) is 11.9 Å². The normalized spacial score (nSPS) is 22.7. The van der Waals surface area contributed by atoms with Gasteiger partial charge >= 0.3 is 0 Å². The van der Waals surface area contributed by atoms with Gasteiger partial charge in [-0.2, -0.15) is 10.4 Å². The van der Waals surface area contributed by atoms with Gasteiger partial charge < -0.3 is 10.3 Å². The highest BCUT2D eigenvalue weighted by molar-refractivity contribution is 7.92. The molecule has 1 aliphatic carbocycles. The van der Waals surface area contributed by atoms with Gasteiger partial charge in [-0.05, 0) is 61.4 Å². The predicted molar refractivity (Wildman–Crippen MR) is 117 cm³/mol. The molecule has 5 rings (SSSR count). The monoisotopic (exact) mass is 437 g/mol. The molecule has 0 saturated heterocycles. The first-order valence-corrected chi connectivity index (χ1v) is 12.0. The van der Waals surface area contributed by atoms with E-state index in [0.29, 0.717) is 39.6 Å². The summed E-state index contributed by atoms with van der Waals surface area (Å²) in [6.07, 6.45) is 4.02. The first-order valence-electron chi connectivity index (χ1n) is 10.4. The van der Waals surface area contributed by atoms with Crippen molar-refractivity contribution in [1.29, 1.82) is 5.26 Å². The van der Waals surface area contributed by atoms with Crippen molar-refractivity contribution in [2.24, 2.45) is 5.92 Å². The number of anilines is 2.